The molecule has 0 fully saturated rings. The second kappa shape index (κ2) is 4.91. The highest BCUT2D eigenvalue weighted by Crippen LogP contribution is 2.29. The first-order valence-corrected chi connectivity index (χ1v) is 6.75. The molecule has 3 rings (SSSR count). The van der Waals surface area contributed by atoms with E-state index in [1.54, 1.807) is 0 Å². The summed E-state index contributed by atoms with van der Waals surface area (Å²) in [6.45, 7) is 5.48. The molecular formula is C16H17N3. The summed E-state index contributed by atoms with van der Waals surface area (Å²) < 4.78 is 0. The Kier molecular flexibility index (Phi) is 3.10. The quantitative estimate of drug-likeness (QED) is 0.891. The molecule has 0 aliphatic carbocycles. The minimum Gasteiger partial charge on any atom is -0.361 e. The van der Waals surface area contributed by atoms with Gasteiger partial charge in [0.1, 0.15) is 0 Å². The van der Waals surface area contributed by atoms with Crippen LogP contribution in [0.3, 0.4) is 0 Å². The highest BCUT2D eigenvalue weighted by molar-refractivity contribution is 5.93. The molecule has 0 unspecified atom stereocenters. The van der Waals surface area contributed by atoms with Crippen LogP contribution in [0.15, 0.2) is 30.5 Å². The lowest BCUT2D eigenvalue weighted by atomic mass is 9.98. The molecule has 19 heavy (non-hydrogen) atoms. The van der Waals surface area contributed by atoms with Crippen LogP contribution in [0.4, 0.5) is 0 Å². The molecule has 1 aromatic carbocycles. The Morgan fingerprint density at radius 1 is 1.42 bits per heavy atom. The minimum atomic E-state index is 0.704. The number of H-pyrrole nitrogens is 1. The van der Waals surface area contributed by atoms with Gasteiger partial charge in [-0.25, -0.2) is 0 Å². The van der Waals surface area contributed by atoms with E-state index >= 15 is 0 Å². The van der Waals surface area contributed by atoms with E-state index in [9.17, 15) is 0 Å². The molecule has 1 aromatic heterocycles. The summed E-state index contributed by atoms with van der Waals surface area (Å²) in [4.78, 5) is 5.72. The van der Waals surface area contributed by atoms with E-state index < -0.39 is 0 Å². The van der Waals surface area contributed by atoms with Gasteiger partial charge < -0.3 is 4.98 Å². The van der Waals surface area contributed by atoms with Gasteiger partial charge in [0.05, 0.1) is 11.6 Å². The standard InChI is InChI=1S/C16H17N3/c1-2-19-7-5-13(6-8-19)15-11-18-16-9-12(10-17)3-4-14(15)16/h3-5,9,11,18H,2,6-8H2,1H3. The topological polar surface area (TPSA) is 42.8 Å². The van der Waals surface area contributed by atoms with Crippen molar-refractivity contribution in [2.45, 2.75) is 13.3 Å². The fourth-order valence-electron chi connectivity index (χ4n) is 2.70. The maximum Gasteiger partial charge on any atom is 0.0992 e. The molecule has 1 aliphatic rings. The lowest BCUT2D eigenvalue weighted by Gasteiger charge is -2.24. The van der Waals surface area contributed by atoms with E-state index in [4.69, 9.17) is 5.26 Å². The van der Waals surface area contributed by atoms with Crippen molar-refractivity contribution in [2.75, 3.05) is 19.6 Å². The van der Waals surface area contributed by atoms with Gasteiger partial charge in [-0.05, 0) is 30.7 Å². The summed E-state index contributed by atoms with van der Waals surface area (Å²) in [7, 11) is 0. The summed E-state index contributed by atoms with van der Waals surface area (Å²) >= 11 is 0. The van der Waals surface area contributed by atoms with Crippen molar-refractivity contribution in [3.63, 3.8) is 0 Å². The lowest BCUT2D eigenvalue weighted by Crippen LogP contribution is -2.27. The first-order valence-electron chi connectivity index (χ1n) is 6.75. The fourth-order valence-corrected chi connectivity index (χ4v) is 2.70. The van der Waals surface area contributed by atoms with Gasteiger partial charge in [0, 0.05) is 35.8 Å². The average Bonchev–Trinajstić information content (AvgIpc) is 2.90. The zero-order valence-electron chi connectivity index (χ0n) is 11.1. The number of nitrogens with one attached hydrogen (secondary N) is 1. The van der Waals surface area contributed by atoms with Crippen molar-refractivity contribution in [1.82, 2.24) is 9.88 Å². The van der Waals surface area contributed by atoms with E-state index in [1.807, 2.05) is 18.2 Å². The van der Waals surface area contributed by atoms with Gasteiger partial charge in [0.2, 0.25) is 0 Å². The Hall–Kier alpha value is -2.05. The molecule has 0 atom stereocenters. The first-order chi connectivity index (χ1) is 9.31. The number of aromatic nitrogens is 1. The summed E-state index contributed by atoms with van der Waals surface area (Å²) in [6.07, 6.45) is 5.49. The molecule has 0 bridgehead atoms. The Labute approximate surface area is 113 Å². The van der Waals surface area contributed by atoms with Crippen LogP contribution in [-0.4, -0.2) is 29.5 Å². The zero-order valence-corrected chi connectivity index (χ0v) is 11.1. The fraction of sp³-hybridized carbons (Fsp3) is 0.312. The number of benzene rings is 1. The number of nitrogens with zero attached hydrogens (tertiary/aromatic N) is 2. The van der Waals surface area contributed by atoms with Crippen LogP contribution in [-0.2, 0) is 0 Å². The van der Waals surface area contributed by atoms with Crippen molar-refractivity contribution in [1.29, 1.82) is 5.26 Å². The van der Waals surface area contributed by atoms with Crippen LogP contribution in [0.25, 0.3) is 16.5 Å². The smallest absolute Gasteiger partial charge is 0.0992 e. The van der Waals surface area contributed by atoms with Gasteiger partial charge in [-0.2, -0.15) is 5.26 Å². The number of rotatable bonds is 2. The highest BCUT2D eigenvalue weighted by Gasteiger charge is 2.14. The summed E-state index contributed by atoms with van der Waals surface area (Å²) in [5.74, 6) is 0. The molecule has 1 aliphatic heterocycles. The minimum absolute atomic E-state index is 0.704. The Morgan fingerprint density at radius 3 is 3.00 bits per heavy atom. The van der Waals surface area contributed by atoms with Crippen molar-refractivity contribution in [3.05, 3.63) is 41.6 Å². The number of hydrogen-bond acceptors (Lipinski definition) is 2. The first kappa shape index (κ1) is 12.0. The van der Waals surface area contributed by atoms with Crippen LogP contribution in [0.1, 0.15) is 24.5 Å². The second-order valence-electron chi connectivity index (χ2n) is 4.95. The molecular weight excluding hydrogens is 234 g/mol. The predicted octanol–water partition coefficient (Wildman–Crippen LogP) is 3.15. The third kappa shape index (κ3) is 2.16. The molecule has 0 spiro atoms. The Balaban J connectivity index is 1.98. The van der Waals surface area contributed by atoms with Gasteiger partial charge in [-0.1, -0.05) is 19.1 Å². The maximum atomic E-state index is 8.93. The molecule has 2 aromatic rings. The van der Waals surface area contributed by atoms with Gasteiger partial charge in [-0.15, -0.1) is 0 Å². The van der Waals surface area contributed by atoms with Crippen molar-refractivity contribution < 1.29 is 0 Å². The van der Waals surface area contributed by atoms with Crippen molar-refractivity contribution >= 4 is 16.5 Å². The van der Waals surface area contributed by atoms with Gasteiger partial charge in [0.25, 0.3) is 0 Å². The molecule has 96 valence electrons. The third-order valence-corrected chi connectivity index (χ3v) is 3.90. The number of nitriles is 1. The van der Waals surface area contributed by atoms with E-state index in [-0.39, 0.29) is 0 Å². The number of likely N-dealkylation sites (N-methyl/N-ethyl adjacent to an activating group) is 1. The van der Waals surface area contributed by atoms with Crippen LogP contribution in [0, 0.1) is 11.3 Å². The van der Waals surface area contributed by atoms with Gasteiger partial charge in [0.15, 0.2) is 0 Å². The number of fused-ring (bicyclic) bond motifs is 1. The van der Waals surface area contributed by atoms with Crippen LogP contribution in [0.5, 0.6) is 0 Å². The Bertz CT molecular complexity index is 673. The van der Waals surface area contributed by atoms with Gasteiger partial charge in [-0.3, -0.25) is 4.90 Å². The SMILES string of the molecule is CCN1CC=C(c2c[nH]c3cc(C#N)ccc23)CC1. The van der Waals surface area contributed by atoms with Crippen LogP contribution >= 0.6 is 0 Å². The number of hydrogen-bond donors (Lipinski definition) is 1. The second-order valence-corrected chi connectivity index (χ2v) is 4.95. The maximum absolute atomic E-state index is 8.93. The normalized spacial score (nSPS) is 16.3. The van der Waals surface area contributed by atoms with Gasteiger partial charge >= 0.3 is 0 Å². The van der Waals surface area contributed by atoms with E-state index in [0.29, 0.717) is 5.56 Å². The average molecular weight is 251 g/mol. The van der Waals surface area contributed by atoms with E-state index in [1.165, 1.54) is 16.5 Å². The van der Waals surface area contributed by atoms with Crippen LogP contribution in [0.2, 0.25) is 0 Å². The molecule has 0 saturated heterocycles. The van der Waals surface area contributed by atoms with Crippen LogP contribution < -0.4 is 0 Å². The van der Waals surface area contributed by atoms with Crippen molar-refractivity contribution in [2.24, 2.45) is 0 Å². The molecule has 2 heterocycles. The summed E-state index contributed by atoms with van der Waals surface area (Å²) in [5.41, 5.74) is 4.46. The van der Waals surface area contributed by atoms with E-state index in [2.05, 4.69) is 35.1 Å². The van der Waals surface area contributed by atoms with E-state index in [0.717, 1.165) is 31.6 Å². The molecule has 0 amide bonds. The largest absolute Gasteiger partial charge is 0.361 e. The molecule has 0 saturated carbocycles. The summed E-state index contributed by atoms with van der Waals surface area (Å²) in [6, 6.07) is 8.04. The molecule has 3 nitrogen and oxygen atoms in total. The molecule has 1 N–H and O–H groups in total. The third-order valence-electron chi connectivity index (χ3n) is 3.90. The highest BCUT2D eigenvalue weighted by atomic mass is 15.1. The Morgan fingerprint density at radius 2 is 2.32 bits per heavy atom. The molecule has 3 heteroatoms. The zero-order chi connectivity index (χ0) is 13.2. The predicted molar refractivity (Wildman–Crippen MR) is 77.7 cm³/mol. The number of aromatic amines is 1. The summed E-state index contributed by atoms with van der Waals surface area (Å²) in [5, 5.41) is 10.1. The lowest BCUT2D eigenvalue weighted by molar-refractivity contribution is 0.319. The molecule has 0 radical (unpaired) electrons. The van der Waals surface area contributed by atoms with Crippen molar-refractivity contribution in [3.8, 4) is 6.07 Å². The monoisotopic (exact) mass is 251 g/mol.